The summed E-state index contributed by atoms with van der Waals surface area (Å²) in [5, 5.41) is 23.6. The summed E-state index contributed by atoms with van der Waals surface area (Å²) < 4.78 is 5.20. The largest absolute Gasteiger partial charge is 0.392 e. The standard InChI is InChI=1S/C28H45ClN2O4/c1-35-16-6-5-14-28(34,23-11-7-13-25(29)18-23)24-12-8-15-31(20-24)26(32)17-22(19-30)27(33)21-9-3-2-4-10-21/h7,11,13,18,21-22,24,27,33-34H,2-6,8-10,12,14-17,19-20,30H2,1H3/t22-,24-,27-,28-/m1/s1. The summed E-state index contributed by atoms with van der Waals surface area (Å²) in [6, 6.07) is 7.48. The molecule has 3 rings (SSSR count). The van der Waals surface area contributed by atoms with Crippen LogP contribution in [0.5, 0.6) is 0 Å². The third kappa shape index (κ3) is 7.65. The Labute approximate surface area is 216 Å². The molecule has 1 heterocycles. The summed E-state index contributed by atoms with van der Waals surface area (Å²) in [6.07, 6.45) is 9.29. The number of nitrogens with zero attached hydrogens (tertiary/aromatic N) is 1. The molecule has 2 fully saturated rings. The van der Waals surface area contributed by atoms with E-state index >= 15 is 0 Å². The van der Waals surface area contributed by atoms with Gasteiger partial charge < -0.3 is 25.6 Å². The molecule has 4 N–H and O–H groups in total. The Kier molecular flexibility index (Phi) is 11.3. The number of amides is 1. The Balaban J connectivity index is 1.69. The highest BCUT2D eigenvalue weighted by Gasteiger charge is 2.41. The SMILES string of the molecule is COCCCC[C@@](O)(c1cccc(Cl)c1)[C@@H]1CCCN(C(=O)C[C@H](CN)[C@H](O)C2CCCCC2)C1. The number of piperidine rings is 1. The first-order valence-electron chi connectivity index (χ1n) is 13.5. The van der Waals surface area contributed by atoms with Gasteiger partial charge in [0.05, 0.1) is 11.7 Å². The zero-order valence-corrected chi connectivity index (χ0v) is 22.1. The van der Waals surface area contributed by atoms with Gasteiger partial charge in [-0.1, -0.05) is 43.0 Å². The summed E-state index contributed by atoms with van der Waals surface area (Å²) in [4.78, 5) is 15.2. The van der Waals surface area contributed by atoms with Crippen LogP contribution in [0.1, 0.15) is 76.2 Å². The summed E-state index contributed by atoms with van der Waals surface area (Å²) in [5.74, 6) is -0.0142. The molecule has 0 aromatic heterocycles. The molecule has 6 nitrogen and oxygen atoms in total. The molecule has 0 bridgehead atoms. The van der Waals surface area contributed by atoms with Crippen molar-refractivity contribution in [2.75, 3.05) is 33.4 Å². The highest BCUT2D eigenvalue weighted by Crippen LogP contribution is 2.41. The first kappa shape index (κ1) is 28.4. The molecule has 1 amide bonds. The fourth-order valence-electron chi connectivity index (χ4n) is 6.13. The van der Waals surface area contributed by atoms with Gasteiger partial charge in [0.15, 0.2) is 0 Å². The molecule has 2 aliphatic rings. The van der Waals surface area contributed by atoms with Crippen LogP contribution in [-0.4, -0.2) is 60.5 Å². The number of hydrogen-bond donors (Lipinski definition) is 3. The lowest BCUT2D eigenvalue weighted by Gasteiger charge is -2.43. The van der Waals surface area contributed by atoms with E-state index in [0.29, 0.717) is 37.7 Å². The second kappa shape index (κ2) is 13.9. The lowest BCUT2D eigenvalue weighted by atomic mass is 9.74. The number of carbonyl (C=O) groups excluding carboxylic acids is 1. The van der Waals surface area contributed by atoms with Gasteiger partial charge in [0, 0.05) is 50.1 Å². The third-order valence-electron chi connectivity index (χ3n) is 8.29. The Morgan fingerprint density at radius 2 is 2.00 bits per heavy atom. The molecule has 4 atom stereocenters. The Bertz CT molecular complexity index is 788. The number of rotatable bonds is 12. The van der Waals surface area contributed by atoms with E-state index < -0.39 is 11.7 Å². The molecule has 1 aliphatic heterocycles. The Morgan fingerprint density at radius 1 is 1.23 bits per heavy atom. The topological polar surface area (TPSA) is 96.0 Å². The number of benzene rings is 1. The van der Waals surface area contributed by atoms with Crippen LogP contribution in [0.15, 0.2) is 24.3 Å². The monoisotopic (exact) mass is 508 g/mol. The van der Waals surface area contributed by atoms with Gasteiger partial charge in [0.1, 0.15) is 0 Å². The molecule has 198 valence electrons. The van der Waals surface area contributed by atoms with Gasteiger partial charge in [0.25, 0.3) is 0 Å². The van der Waals surface area contributed by atoms with Gasteiger partial charge in [-0.2, -0.15) is 0 Å². The molecule has 0 unspecified atom stereocenters. The zero-order chi connectivity index (χ0) is 25.3. The fraction of sp³-hybridized carbons (Fsp3) is 0.750. The molecular formula is C28H45ClN2O4. The number of ether oxygens (including phenoxy) is 1. The van der Waals surface area contributed by atoms with Crippen LogP contribution >= 0.6 is 11.6 Å². The number of hydrogen-bond acceptors (Lipinski definition) is 5. The first-order chi connectivity index (χ1) is 16.9. The van der Waals surface area contributed by atoms with Gasteiger partial charge in [-0.25, -0.2) is 0 Å². The van der Waals surface area contributed by atoms with E-state index in [9.17, 15) is 15.0 Å². The maximum absolute atomic E-state index is 13.4. The van der Waals surface area contributed by atoms with Crippen molar-refractivity contribution in [1.82, 2.24) is 4.90 Å². The number of likely N-dealkylation sites (tertiary alicyclic amines) is 1. The quantitative estimate of drug-likeness (QED) is 0.361. The van der Waals surface area contributed by atoms with Crippen molar-refractivity contribution in [3.63, 3.8) is 0 Å². The van der Waals surface area contributed by atoms with E-state index in [-0.39, 0.29) is 30.1 Å². The average molecular weight is 509 g/mol. The lowest BCUT2D eigenvalue weighted by molar-refractivity contribution is -0.139. The molecular weight excluding hydrogens is 464 g/mol. The van der Waals surface area contributed by atoms with Crippen LogP contribution in [0.3, 0.4) is 0 Å². The highest BCUT2D eigenvalue weighted by atomic mass is 35.5. The minimum Gasteiger partial charge on any atom is -0.392 e. The molecule has 1 saturated heterocycles. The van der Waals surface area contributed by atoms with Gasteiger partial charge in [-0.05, 0) is 75.1 Å². The minimum absolute atomic E-state index is 0.0350. The molecule has 1 aromatic carbocycles. The smallest absolute Gasteiger partial charge is 0.223 e. The van der Waals surface area contributed by atoms with Crippen molar-refractivity contribution in [2.45, 2.75) is 82.3 Å². The molecule has 1 saturated carbocycles. The third-order valence-corrected chi connectivity index (χ3v) is 8.52. The predicted octanol–water partition coefficient (Wildman–Crippen LogP) is 4.49. The molecule has 7 heteroatoms. The minimum atomic E-state index is -1.06. The van der Waals surface area contributed by atoms with Crippen molar-refractivity contribution in [3.05, 3.63) is 34.9 Å². The van der Waals surface area contributed by atoms with Gasteiger partial charge >= 0.3 is 0 Å². The van der Waals surface area contributed by atoms with Gasteiger partial charge in [0.2, 0.25) is 5.91 Å². The Hall–Kier alpha value is -1.18. The molecule has 0 spiro atoms. The molecule has 0 radical (unpaired) electrons. The normalized spacial score (nSPS) is 23.0. The highest BCUT2D eigenvalue weighted by molar-refractivity contribution is 6.30. The average Bonchev–Trinajstić information content (AvgIpc) is 2.89. The number of unbranched alkanes of at least 4 members (excludes halogenated alkanes) is 1. The van der Waals surface area contributed by atoms with Crippen molar-refractivity contribution in [3.8, 4) is 0 Å². The second-order valence-electron chi connectivity index (χ2n) is 10.7. The number of aliphatic hydroxyl groups is 2. The number of aliphatic hydroxyl groups excluding tert-OH is 1. The second-order valence-corrected chi connectivity index (χ2v) is 11.1. The Morgan fingerprint density at radius 3 is 2.69 bits per heavy atom. The van der Waals surface area contributed by atoms with E-state index in [0.717, 1.165) is 56.9 Å². The van der Waals surface area contributed by atoms with E-state index in [1.807, 2.05) is 29.2 Å². The first-order valence-corrected chi connectivity index (χ1v) is 13.9. The van der Waals surface area contributed by atoms with E-state index in [1.54, 1.807) is 7.11 Å². The number of methoxy groups -OCH3 is 1. The molecule has 35 heavy (non-hydrogen) atoms. The number of nitrogens with two attached hydrogens (primary N) is 1. The molecule has 1 aliphatic carbocycles. The van der Waals surface area contributed by atoms with Crippen molar-refractivity contribution < 1.29 is 19.7 Å². The van der Waals surface area contributed by atoms with Crippen molar-refractivity contribution >= 4 is 17.5 Å². The lowest BCUT2D eigenvalue weighted by Crippen LogP contribution is -2.49. The summed E-state index contributed by atoms with van der Waals surface area (Å²) in [7, 11) is 1.69. The van der Waals surface area contributed by atoms with Crippen LogP contribution in [0.25, 0.3) is 0 Å². The number of halogens is 1. The van der Waals surface area contributed by atoms with E-state index in [2.05, 4.69) is 0 Å². The van der Waals surface area contributed by atoms with Crippen molar-refractivity contribution in [1.29, 1.82) is 0 Å². The number of carbonyl (C=O) groups is 1. The summed E-state index contributed by atoms with van der Waals surface area (Å²) in [5.41, 5.74) is 5.78. The van der Waals surface area contributed by atoms with Crippen LogP contribution in [0.4, 0.5) is 0 Å². The van der Waals surface area contributed by atoms with Crippen molar-refractivity contribution in [2.24, 2.45) is 23.5 Å². The van der Waals surface area contributed by atoms with Crippen LogP contribution in [0.2, 0.25) is 5.02 Å². The van der Waals surface area contributed by atoms with Gasteiger partial charge in [-0.3, -0.25) is 4.79 Å². The van der Waals surface area contributed by atoms with Crippen LogP contribution < -0.4 is 5.73 Å². The van der Waals surface area contributed by atoms with Gasteiger partial charge in [-0.15, -0.1) is 0 Å². The maximum atomic E-state index is 13.4. The molecule has 1 aromatic rings. The fourth-order valence-corrected chi connectivity index (χ4v) is 6.32. The zero-order valence-electron chi connectivity index (χ0n) is 21.3. The summed E-state index contributed by atoms with van der Waals surface area (Å²) >= 11 is 6.29. The van der Waals surface area contributed by atoms with E-state index in [4.69, 9.17) is 22.1 Å². The maximum Gasteiger partial charge on any atom is 0.223 e. The van der Waals surface area contributed by atoms with E-state index in [1.165, 1.54) is 6.42 Å². The summed E-state index contributed by atoms with van der Waals surface area (Å²) in [6.45, 7) is 2.15. The predicted molar refractivity (Wildman–Crippen MR) is 140 cm³/mol. The van der Waals surface area contributed by atoms with Crippen LogP contribution in [-0.2, 0) is 15.1 Å². The van der Waals surface area contributed by atoms with Crippen LogP contribution in [0, 0.1) is 17.8 Å².